The monoisotopic (exact) mass is 369 g/mol. The molecule has 0 bridgehead atoms. The number of piperidine rings is 1. The second-order valence-corrected chi connectivity index (χ2v) is 6.22. The van der Waals surface area contributed by atoms with Gasteiger partial charge in [-0.2, -0.15) is 0 Å². The van der Waals surface area contributed by atoms with Crippen molar-refractivity contribution in [1.82, 2.24) is 14.9 Å². The average molecular weight is 369 g/mol. The highest BCUT2D eigenvalue weighted by Crippen LogP contribution is 2.15. The van der Waals surface area contributed by atoms with Crippen LogP contribution in [0.1, 0.15) is 30.1 Å². The fourth-order valence-corrected chi connectivity index (χ4v) is 2.85. The normalized spacial score (nSPS) is 14.5. The van der Waals surface area contributed by atoms with Gasteiger partial charge >= 0.3 is 6.09 Å². The molecule has 8 heteroatoms. The zero-order valence-corrected chi connectivity index (χ0v) is 15.2. The van der Waals surface area contributed by atoms with Crippen LogP contribution in [-0.4, -0.2) is 52.6 Å². The number of carbonyl (C=O) groups excluding carboxylic acids is 2. The lowest BCUT2D eigenvalue weighted by molar-refractivity contribution is 0.0982. The van der Waals surface area contributed by atoms with Crippen molar-refractivity contribution in [3.8, 4) is 0 Å². The van der Waals surface area contributed by atoms with Gasteiger partial charge in [-0.05, 0) is 31.9 Å². The minimum Gasteiger partial charge on any atom is -0.450 e. The fraction of sp³-hybridized carbons (Fsp3) is 0.368. The lowest BCUT2D eigenvalue weighted by atomic mass is 10.1. The molecule has 8 nitrogen and oxygen atoms in total. The molecule has 0 radical (unpaired) electrons. The number of ether oxygens (including phenoxy) is 1. The summed E-state index contributed by atoms with van der Waals surface area (Å²) in [6.45, 7) is 3.45. The van der Waals surface area contributed by atoms with Gasteiger partial charge in [-0.25, -0.2) is 14.8 Å². The van der Waals surface area contributed by atoms with E-state index in [1.807, 2.05) is 30.3 Å². The van der Waals surface area contributed by atoms with Gasteiger partial charge in [0.15, 0.2) is 0 Å². The van der Waals surface area contributed by atoms with E-state index < -0.39 is 0 Å². The van der Waals surface area contributed by atoms with Crippen LogP contribution in [0.25, 0.3) is 0 Å². The van der Waals surface area contributed by atoms with Gasteiger partial charge < -0.3 is 20.3 Å². The number of amides is 2. The number of likely N-dealkylation sites (tertiary alicyclic amines) is 1. The van der Waals surface area contributed by atoms with E-state index in [0.717, 1.165) is 18.5 Å². The molecule has 2 heterocycles. The summed E-state index contributed by atoms with van der Waals surface area (Å²) >= 11 is 0. The maximum Gasteiger partial charge on any atom is 0.409 e. The average Bonchev–Trinajstić information content (AvgIpc) is 2.70. The molecule has 1 aromatic carbocycles. The maximum absolute atomic E-state index is 12.2. The first-order chi connectivity index (χ1) is 13.2. The molecule has 0 atom stereocenters. The van der Waals surface area contributed by atoms with E-state index in [1.54, 1.807) is 11.8 Å². The van der Waals surface area contributed by atoms with Crippen molar-refractivity contribution in [2.75, 3.05) is 30.3 Å². The van der Waals surface area contributed by atoms with Gasteiger partial charge in [0, 0.05) is 37.2 Å². The van der Waals surface area contributed by atoms with Crippen LogP contribution in [0.15, 0.2) is 42.7 Å². The van der Waals surface area contributed by atoms with Gasteiger partial charge in [-0.1, -0.05) is 18.2 Å². The van der Waals surface area contributed by atoms with Crippen molar-refractivity contribution in [3.05, 3.63) is 48.3 Å². The maximum atomic E-state index is 12.2. The van der Waals surface area contributed by atoms with Crippen LogP contribution in [0.2, 0.25) is 0 Å². The van der Waals surface area contributed by atoms with Crippen LogP contribution >= 0.6 is 0 Å². The summed E-state index contributed by atoms with van der Waals surface area (Å²) in [4.78, 5) is 34.1. The van der Waals surface area contributed by atoms with Crippen molar-refractivity contribution in [2.45, 2.75) is 25.8 Å². The number of rotatable bonds is 5. The van der Waals surface area contributed by atoms with E-state index in [2.05, 4.69) is 20.6 Å². The summed E-state index contributed by atoms with van der Waals surface area (Å²) < 4.78 is 5.02. The number of para-hydroxylation sites is 1. The Morgan fingerprint density at radius 1 is 1.15 bits per heavy atom. The third-order valence-electron chi connectivity index (χ3n) is 4.30. The van der Waals surface area contributed by atoms with Gasteiger partial charge in [0.25, 0.3) is 5.91 Å². The van der Waals surface area contributed by atoms with Crippen molar-refractivity contribution >= 4 is 23.6 Å². The van der Waals surface area contributed by atoms with E-state index in [0.29, 0.717) is 31.2 Å². The van der Waals surface area contributed by atoms with Crippen LogP contribution in [0.5, 0.6) is 0 Å². The number of nitrogens with zero attached hydrogens (tertiary/aromatic N) is 3. The summed E-state index contributed by atoms with van der Waals surface area (Å²) in [5.41, 5.74) is 1.11. The number of hydrogen-bond acceptors (Lipinski definition) is 6. The Balaban J connectivity index is 1.50. The third-order valence-corrected chi connectivity index (χ3v) is 4.30. The molecule has 1 aromatic heterocycles. The highest BCUT2D eigenvalue weighted by molar-refractivity contribution is 6.03. The molecular weight excluding hydrogens is 346 g/mol. The molecule has 0 aliphatic carbocycles. The number of nitrogens with one attached hydrogen (secondary N) is 2. The molecule has 1 fully saturated rings. The first-order valence-corrected chi connectivity index (χ1v) is 9.02. The van der Waals surface area contributed by atoms with Gasteiger partial charge in [-0.15, -0.1) is 0 Å². The molecule has 0 unspecified atom stereocenters. The van der Waals surface area contributed by atoms with E-state index in [4.69, 9.17) is 4.74 Å². The summed E-state index contributed by atoms with van der Waals surface area (Å²) in [7, 11) is 0. The van der Waals surface area contributed by atoms with Crippen molar-refractivity contribution < 1.29 is 14.3 Å². The quantitative estimate of drug-likeness (QED) is 0.841. The van der Waals surface area contributed by atoms with Gasteiger partial charge in [0.2, 0.25) is 5.95 Å². The van der Waals surface area contributed by atoms with Crippen molar-refractivity contribution in [2.24, 2.45) is 0 Å². The number of hydrogen-bond donors (Lipinski definition) is 2. The number of aromatic nitrogens is 2. The minimum absolute atomic E-state index is 0.180. The van der Waals surface area contributed by atoms with Crippen LogP contribution in [0.4, 0.5) is 16.4 Å². The largest absolute Gasteiger partial charge is 0.450 e. The van der Waals surface area contributed by atoms with E-state index in [1.165, 1.54) is 12.4 Å². The zero-order chi connectivity index (χ0) is 19.1. The Hall–Kier alpha value is -3.16. The first kappa shape index (κ1) is 18.6. The predicted octanol–water partition coefficient (Wildman–Crippen LogP) is 2.76. The summed E-state index contributed by atoms with van der Waals surface area (Å²) in [6.07, 6.45) is 4.32. The molecule has 142 valence electrons. The second-order valence-electron chi connectivity index (χ2n) is 6.22. The second kappa shape index (κ2) is 8.98. The lowest BCUT2D eigenvalue weighted by Crippen LogP contribution is -2.42. The number of carbonyl (C=O) groups is 2. The van der Waals surface area contributed by atoms with Gasteiger partial charge in [0.05, 0.1) is 12.2 Å². The fourth-order valence-electron chi connectivity index (χ4n) is 2.85. The van der Waals surface area contributed by atoms with Gasteiger partial charge in [0.1, 0.15) is 0 Å². The first-order valence-electron chi connectivity index (χ1n) is 9.02. The minimum atomic E-state index is -0.263. The molecule has 1 saturated heterocycles. The van der Waals surface area contributed by atoms with Crippen LogP contribution in [-0.2, 0) is 4.74 Å². The van der Waals surface area contributed by atoms with Crippen molar-refractivity contribution in [3.63, 3.8) is 0 Å². The summed E-state index contributed by atoms with van der Waals surface area (Å²) in [5.74, 6) is 0.219. The van der Waals surface area contributed by atoms with Gasteiger partial charge in [-0.3, -0.25) is 4.79 Å². The molecule has 2 N–H and O–H groups in total. The molecule has 2 amide bonds. The molecule has 0 saturated carbocycles. The molecule has 27 heavy (non-hydrogen) atoms. The lowest BCUT2D eigenvalue weighted by Gasteiger charge is -2.31. The Bertz CT molecular complexity index is 759. The number of anilines is 2. The van der Waals surface area contributed by atoms with Crippen LogP contribution < -0.4 is 10.6 Å². The predicted molar refractivity (Wildman–Crippen MR) is 102 cm³/mol. The van der Waals surface area contributed by atoms with Crippen molar-refractivity contribution in [1.29, 1.82) is 0 Å². The molecule has 3 rings (SSSR count). The molecule has 1 aliphatic heterocycles. The highest BCUT2D eigenvalue weighted by Gasteiger charge is 2.23. The zero-order valence-electron chi connectivity index (χ0n) is 15.2. The Kier molecular flexibility index (Phi) is 6.19. The smallest absolute Gasteiger partial charge is 0.409 e. The third kappa shape index (κ3) is 5.16. The summed E-state index contributed by atoms with van der Waals surface area (Å²) in [5, 5.41) is 6.05. The summed E-state index contributed by atoms with van der Waals surface area (Å²) in [6, 6.07) is 9.41. The van der Waals surface area contributed by atoms with E-state index >= 15 is 0 Å². The SMILES string of the molecule is CCOC(=O)N1CCC(Nc2ncc(C(=O)Nc3ccccc3)cn2)CC1. The Morgan fingerprint density at radius 2 is 1.81 bits per heavy atom. The number of benzene rings is 1. The Labute approximate surface area is 158 Å². The Morgan fingerprint density at radius 3 is 2.44 bits per heavy atom. The van der Waals surface area contributed by atoms with Crippen LogP contribution in [0, 0.1) is 0 Å². The molecule has 1 aliphatic rings. The van der Waals surface area contributed by atoms with Crippen LogP contribution in [0.3, 0.4) is 0 Å². The van der Waals surface area contributed by atoms with E-state index in [9.17, 15) is 9.59 Å². The standard InChI is InChI=1S/C19H23N5O3/c1-2-27-19(26)24-10-8-16(9-11-24)23-18-20-12-14(13-21-18)17(25)22-15-6-4-3-5-7-15/h3-7,12-13,16H,2,8-11H2,1H3,(H,22,25)(H,20,21,23). The molecule has 2 aromatic rings. The molecular formula is C19H23N5O3. The topological polar surface area (TPSA) is 96.5 Å². The highest BCUT2D eigenvalue weighted by atomic mass is 16.6. The van der Waals surface area contributed by atoms with E-state index in [-0.39, 0.29) is 18.0 Å². The molecule has 0 spiro atoms.